The van der Waals surface area contributed by atoms with E-state index in [4.69, 9.17) is 0 Å². The molecule has 1 heterocycles. The van der Waals surface area contributed by atoms with E-state index >= 15 is 0 Å². The van der Waals surface area contributed by atoms with E-state index in [0.29, 0.717) is 6.54 Å². The van der Waals surface area contributed by atoms with Crippen molar-refractivity contribution >= 4 is 22.7 Å². The Morgan fingerprint density at radius 1 is 1.00 bits per heavy atom. The quantitative estimate of drug-likeness (QED) is 0.673. The summed E-state index contributed by atoms with van der Waals surface area (Å²) in [6, 6.07) is 19.4. The van der Waals surface area contributed by atoms with Crippen LogP contribution in [0.25, 0.3) is 10.8 Å². The molecule has 0 saturated carbocycles. The fourth-order valence-corrected chi connectivity index (χ4v) is 3.71. The molecule has 6 heteroatoms. The Morgan fingerprint density at radius 2 is 1.69 bits per heavy atom. The van der Waals surface area contributed by atoms with Crippen LogP contribution in [0.1, 0.15) is 18.1 Å². The largest absolute Gasteiger partial charge is 0.326 e. The fourth-order valence-electron chi connectivity index (χ4n) is 3.71. The number of hydrogen-bond donors (Lipinski definition) is 1. The van der Waals surface area contributed by atoms with Gasteiger partial charge in [0.1, 0.15) is 11.4 Å². The minimum Gasteiger partial charge on any atom is -0.319 e. The Hall–Kier alpha value is -3.25. The molecule has 1 aliphatic rings. The van der Waals surface area contributed by atoms with Crippen LogP contribution in [0.5, 0.6) is 0 Å². The molecule has 1 fully saturated rings. The first kappa shape index (κ1) is 19.1. The zero-order valence-electron chi connectivity index (χ0n) is 16.4. The number of hydrogen-bond acceptors (Lipinski definition) is 3. The third-order valence-corrected chi connectivity index (χ3v) is 5.35. The molecule has 0 spiro atoms. The van der Waals surface area contributed by atoms with E-state index in [0.717, 1.165) is 21.9 Å². The van der Waals surface area contributed by atoms with Crippen molar-refractivity contribution in [1.29, 1.82) is 0 Å². The first-order valence-corrected chi connectivity index (χ1v) is 9.43. The highest BCUT2D eigenvalue weighted by atomic mass is 19.1. The first-order chi connectivity index (χ1) is 13.9. The van der Waals surface area contributed by atoms with Crippen LogP contribution in [0.3, 0.4) is 0 Å². The first-order valence-electron chi connectivity index (χ1n) is 9.43. The Bertz CT molecular complexity index is 1080. The molecule has 1 saturated heterocycles. The summed E-state index contributed by atoms with van der Waals surface area (Å²) in [6.45, 7) is 2.37. The lowest BCUT2D eigenvalue weighted by atomic mass is 9.90. The van der Waals surface area contributed by atoms with Gasteiger partial charge in [0, 0.05) is 6.54 Å². The van der Waals surface area contributed by atoms with Crippen molar-refractivity contribution < 1.29 is 14.0 Å². The van der Waals surface area contributed by atoms with E-state index in [1.807, 2.05) is 54.4 Å². The number of imide groups is 1. The van der Waals surface area contributed by atoms with Gasteiger partial charge in [0.2, 0.25) is 0 Å². The van der Waals surface area contributed by atoms with Crippen molar-refractivity contribution in [2.24, 2.45) is 0 Å². The second kappa shape index (κ2) is 7.29. The second-order valence-electron chi connectivity index (χ2n) is 7.63. The summed E-state index contributed by atoms with van der Waals surface area (Å²) in [6.07, 6.45) is 0. The molecule has 29 heavy (non-hydrogen) atoms. The number of amides is 3. The van der Waals surface area contributed by atoms with Crippen LogP contribution < -0.4 is 5.32 Å². The number of carbonyl (C=O) groups is 2. The van der Waals surface area contributed by atoms with Gasteiger partial charge < -0.3 is 5.32 Å². The van der Waals surface area contributed by atoms with Crippen LogP contribution in [0.4, 0.5) is 9.18 Å². The van der Waals surface area contributed by atoms with E-state index in [1.165, 1.54) is 17.0 Å². The second-order valence-corrected chi connectivity index (χ2v) is 7.63. The maximum atomic E-state index is 13.2. The molecule has 1 atom stereocenters. The van der Waals surface area contributed by atoms with E-state index < -0.39 is 11.6 Å². The van der Waals surface area contributed by atoms with E-state index in [9.17, 15) is 14.0 Å². The minimum absolute atomic E-state index is 0.144. The smallest absolute Gasteiger partial charge is 0.319 e. The van der Waals surface area contributed by atoms with Gasteiger partial charge in [-0.1, -0.05) is 48.5 Å². The topological polar surface area (TPSA) is 52.6 Å². The highest BCUT2D eigenvalue weighted by molar-refractivity contribution is 6.07. The number of nitrogens with zero attached hydrogens (tertiary/aromatic N) is 2. The molecule has 0 unspecified atom stereocenters. The standard InChI is InChI=1S/C23H22FN3O2/c1-23(19-10-9-17-5-3-4-6-18(17)13-19)21(28)27(22(29)25-23)15-26(2)14-16-7-11-20(24)12-8-16/h3-13H,14-15H2,1-2H3,(H,25,29)/t23-/m1/s1. The lowest BCUT2D eigenvalue weighted by molar-refractivity contribution is -0.132. The van der Waals surface area contributed by atoms with Gasteiger partial charge >= 0.3 is 6.03 Å². The zero-order valence-corrected chi connectivity index (χ0v) is 16.4. The van der Waals surface area contributed by atoms with Crippen molar-refractivity contribution in [3.8, 4) is 0 Å². The van der Waals surface area contributed by atoms with Gasteiger partial charge in [-0.3, -0.25) is 9.69 Å². The molecule has 3 aromatic rings. The van der Waals surface area contributed by atoms with Crippen LogP contribution in [-0.4, -0.2) is 35.5 Å². The van der Waals surface area contributed by atoms with Crippen LogP contribution in [0.2, 0.25) is 0 Å². The molecule has 148 valence electrons. The van der Waals surface area contributed by atoms with Crippen molar-refractivity contribution in [1.82, 2.24) is 15.1 Å². The fraction of sp³-hybridized carbons (Fsp3) is 0.217. The van der Waals surface area contributed by atoms with Crippen molar-refractivity contribution in [2.45, 2.75) is 19.0 Å². The molecule has 5 nitrogen and oxygen atoms in total. The van der Waals surface area contributed by atoms with Gasteiger partial charge in [-0.05, 0) is 54.1 Å². The average molecular weight is 391 g/mol. The maximum absolute atomic E-state index is 13.2. The number of carbonyl (C=O) groups excluding carboxylic acids is 2. The van der Waals surface area contributed by atoms with Crippen LogP contribution in [0.15, 0.2) is 66.7 Å². The molecule has 3 amide bonds. The monoisotopic (exact) mass is 391 g/mol. The maximum Gasteiger partial charge on any atom is 0.326 e. The van der Waals surface area contributed by atoms with Gasteiger partial charge in [-0.2, -0.15) is 0 Å². The predicted octanol–water partition coefficient (Wildman–Crippen LogP) is 3.84. The highest BCUT2D eigenvalue weighted by Crippen LogP contribution is 2.31. The van der Waals surface area contributed by atoms with E-state index in [2.05, 4.69) is 5.32 Å². The zero-order chi connectivity index (χ0) is 20.6. The molecule has 1 aliphatic heterocycles. The van der Waals surface area contributed by atoms with Gasteiger partial charge in [0.25, 0.3) is 5.91 Å². The number of urea groups is 1. The summed E-state index contributed by atoms with van der Waals surface area (Å²) >= 11 is 0. The molecular weight excluding hydrogens is 369 g/mol. The Kier molecular flexibility index (Phi) is 4.80. The number of halogens is 1. The molecule has 4 rings (SSSR count). The van der Waals surface area contributed by atoms with Crippen LogP contribution in [-0.2, 0) is 16.9 Å². The summed E-state index contributed by atoms with van der Waals surface area (Å²) in [5.74, 6) is -0.583. The molecule has 0 aromatic heterocycles. The molecular formula is C23H22FN3O2. The summed E-state index contributed by atoms with van der Waals surface area (Å²) in [7, 11) is 1.82. The number of rotatable bonds is 5. The normalized spacial score (nSPS) is 19.2. The Balaban J connectivity index is 1.53. The van der Waals surface area contributed by atoms with Gasteiger partial charge in [-0.25, -0.2) is 14.1 Å². The SMILES string of the molecule is CN(Cc1ccc(F)cc1)CN1C(=O)N[C@](C)(c2ccc3ccccc3c2)C1=O. The van der Waals surface area contributed by atoms with Gasteiger partial charge in [0.15, 0.2) is 0 Å². The van der Waals surface area contributed by atoms with Crippen molar-refractivity contribution in [2.75, 3.05) is 13.7 Å². The molecule has 0 aliphatic carbocycles. The molecule has 3 aromatic carbocycles. The summed E-state index contributed by atoms with van der Waals surface area (Å²) in [5.41, 5.74) is 0.536. The molecule has 0 bridgehead atoms. The number of fused-ring (bicyclic) bond motifs is 1. The lowest BCUT2D eigenvalue weighted by Gasteiger charge is -2.25. The Labute approximate surface area is 168 Å². The van der Waals surface area contributed by atoms with Crippen LogP contribution >= 0.6 is 0 Å². The van der Waals surface area contributed by atoms with E-state index in [-0.39, 0.29) is 18.4 Å². The summed E-state index contributed by atoms with van der Waals surface area (Å²) in [4.78, 5) is 28.8. The third kappa shape index (κ3) is 3.59. The number of nitrogens with one attached hydrogen (secondary N) is 1. The predicted molar refractivity (Wildman–Crippen MR) is 109 cm³/mol. The van der Waals surface area contributed by atoms with Gasteiger partial charge in [-0.15, -0.1) is 0 Å². The summed E-state index contributed by atoms with van der Waals surface area (Å²) in [5, 5.41) is 4.94. The van der Waals surface area contributed by atoms with Crippen LogP contribution in [0, 0.1) is 5.82 Å². The summed E-state index contributed by atoms with van der Waals surface area (Å²) < 4.78 is 13.1. The number of benzene rings is 3. The molecule has 1 N–H and O–H groups in total. The minimum atomic E-state index is -1.11. The molecule has 0 radical (unpaired) electrons. The average Bonchev–Trinajstić information content (AvgIpc) is 2.93. The van der Waals surface area contributed by atoms with Gasteiger partial charge in [0.05, 0.1) is 6.67 Å². The third-order valence-electron chi connectivity index (χ3n) is 5.35. The lowest BCUT2D eigenvalue weighted by Crippen LogP contribution is -2.42. The van der Waals surface area contributed by atoms with Crippen molar-refractivity contribution in [3.63, 3.8) is 0 Å². The highest BCUT2D eigenvalue weighted by Gasteiger charge is 2.49. The van der Waals surface area contributed by atoms with E-state index in [1.54, 1.807) is 19.1 Å². The Morgan fingerprint density at radius 3 is 2.41 bits per heavy atom. The van der Waals surface area contributed by atoms with Crippen molar-refractivity contribution in [3.05, 3.63) is 83.7 Å².